The lowest BCUT2D eigenvalue weighted by molar-refractivity contribution is -0.118. The van der Waals surface area contributed by atoms with Gasteiger partial charge in [0.1, 0.15) is 5.01 Å². The summed E-state index contributed by atoms with van der Waals surface area (Å²) >= 11 is 1.40. The third kappa shape index (κ3) is 5.80. The number of aromatic nitrogens is 2. The molecule has 130 valence electrons. The number of hydrogen-bond acceptors (Lipinski definition) is 7. The lowest BCUT2D eigenvalue weighted by Crippen LogP contribution is -2.54. The molecule has 0 aliphatic carbocycles. The molecule has 1 N–H and O–H groups in total. The topological polar surface area (TPSA) is 70.6 Å². The minimum atomic E-state index is -0.0150. The molecule has 1 amide bonds. The quantitative estimate of drug-likeness (QED) is 0.717. The minimum Gasteiger partial charge on any atom is -0.380 e. The van der Waals surface area contributed by atoms with E-state index in [1.54, 1.807) is 0 Å². The van der Waals surface area contributed by atoms with Gasteiger partial charge in [0.05, 0.1) is 13.2 Å². The molecule has 1 saturated heterocycles. The van der Waals surface area contributed by atoms with E-state index in [2.05, 4.69) is 32.2 Å². The summed E-state index contributed by atoms with van der Waals surface area (Å²) < 4.78 is 5.46. The molecular formula is C15H27N5O2S. The molecule has 1 fully saturated rings. The first-order valence-corrected chi connectivity index (χ1v) is 9.08. The highest BCUT2D eigenvalue weighted by Crippen LogP contribution is 2.15. The number of piperazine rings is 1. The molecule has 23 heavy (non-hydrogen) atoms. The number of rotatable bonds is 8. The summed E-state index contributed by atoms with van der Waals surface area (Å²) in [4.78, 5) is 16.8. The summed E-state index contributed by atoms with van der Waals surface area (Å²) in [6.07, 6.45) is 1.08. The van der Waals surface area contributed by atoms with Gasteiger partial charge in [-0.1, -0.05) is 18.3 Å². The Bertz CT molecular complexity index is 496. The zero-order valence-electron chi connectivity index (χ0n) is 14.2. The first kappa shape index (κ1) is 18.3. The van der Waals surface area contributed by atoms with Crippen LogP contribution in [0.2, 0.25) is 0 Å². The molecule has 0 aromatic carbocycles. The van der Waals surface area contributed by atoms with Gasteiger partial charge in [-0.05, 0) is 20.3 Å². The van der Waals surface area contributed by atoms with E-state index in [0.717, 1.165) is 50.8 Å². The van der Waals surface area contributed by atoms with Crippen molar-refractivity contribution in [1.29, 1.82) is 0 Å². The first-order chi connectivity index (χ1) is 11.1. The number of nitrogens with zero attached hydrogens (tertiary/aromatic N) is 4. The summed E-state index contributed by atoms with van der Waals surface area (Å²) in [5, 5.41) is 12.1. The average molecular weight is 341 g/mol. The van der Waals surface area contributed by atoms with Crippen LogP contribution in [0.15, 0.2) is 0 Å². The molecule has 1 aromatic rings. The van der Waals surface area contributed by atoms with Gasteiger partial charge in [-0.15, -0.1) is 10.2 Å². The second kappa shape index (κ2) is 9.27. The predicted molar refractivity (Wildman–Crippen MR) is 91.9 cm³/mol. The Kier molecular flexibility index (Phi) is 7.35. The number of anilines is 1. The van der Waals surface area contributed by atoms with Gasteiger partial charge < -0.3 is 4.74 Å². The van der Waals surface area contributed by atoms with Crippen molar-refractivity contribution >= 4 is 22.4 Å². The molecule has 0 bridgehead atoms. The van der Waals surface area contributed by atoms with E-state index in [4.69, 9.17) is 4.74 Å². The summed E-state index contributed by atoms with van der Waals surface area (Å²) in [6, 6.07) is 0.487. The Balaban J connectivity index is 1.77. The lowest BCUT2D eigenvalue weighted by atomic mass is 10.1. The van der Waals surface area contributed by atoms with Crippen LogP contribution in [0.25, 0.3) is 0 Å². The number of carbonyl (C=O) groups is 1. The van der Waals surface area contributed by atoms with E-state index in [1.807, 2.05) is 13.8 Å². The molecule has 1 aliphatic rings. The van der Waals surface area contributed by atoms with Gasteiger partial charge in [0.2, 0.25) is 11.0 Å². The Morgan fingerprint density at radius 3 is 2.87 bits per heavy atom. The lowest BCUT2D eigenvalue weighted by Gasteiger charge is -2.40. The number of nitrogens with one attached hydrogen (secondary N) is 1. The van der Waals surface area contributed by atoms with Crippen LogP contribution in [0.5, 0.6) is 0 Å². The van der Waals surface area contributed by atoms with Crippen molar-refractivity contribution in [1.82, 2.24) is 20.0 Å². The van der Waals surface area contributed by atoms with E-state index in [9.17, 15) is 4.79 Å². The van der Waals surface area contributed by atoms with Crippen molar-refractivity contribution in [2.24, 2.45) is 0 Å². The average Bonchev–Trinajstić information content (AvgIpc) is 2.93. The predicted octanol–water partition coefficient (Wildman–Crippen LogP) is 1.22. The number of aryl methyl sites for hydroxylation is 1. The zero-order valence-corrected chi connectivity index (χ0v) is 15.1. The largest absolute Gasteiger partial charge is 0.380 e. The maximum Gasteiger partial charge on any atom is 0.240 e. The van der Waals surface area contributed by atoms with Crippen molar-refractivity contribution in [3.63, 3.8) is 0 Å². The maximum atomic E-state index is 12.1. The summed E-state index contributed by atoms with van der Waals surface area (Å²) in [5.41, 5.74) is 0. The molecular weight excluding hydrogens is 314 g/mol. The van der Waals surface area contributed by atoms with Crippen molar-refractivity contribution < 1.29 is 9.53 Å². The highest BCUT2D eigenvalue weighted by atomic mass is 32.1. The molecule has 7 nitrogen and oxygen atoms in total. The van der Waals surface area contributed by atoms with Crippen molar-refractivity contribution in [3.05, 3.63) is 5.01 Å². The molecule has 8 heteroatoms. The third-order valence-corrected chi connectivity index (χ3v) is 4.78. The van der Waals surface area contributed by atoms with E-state index in [0.29, 0.717) is 17.7 Å². The van der Waals surface area contributed by atoms with Gasteiger partial charge in [-0.25, -0.2) is 0 Å². The van der Waals surface area contributed by atoms with Crippen LogP contribution in [0, 0.1) is 6.92 Å². The summed E-state index contributed by atoms with van der Waals surface area (Å²) in [6.45, 7) is 11.8. The third-order valence-electron chi connectivity index (χ3n) is 4.03. The summed E-state index contributed by atoms with van der Waals surface area (Å²) in [5.74, 6) is -0.0150. The van der Waals surface area contributed by atoms with E-state index >= 15 is 0 Å². The van der Waals surface area contributed by atoms with Gasteiger partial charge in [-0.3, -0.25) is 19.9 Å². The fraction of sp³-hybridized carbons (Fsp3) is 0.800. The minimum absolute atomic E-state index is 0.0150. The second-order valence-electron chi connectivity index (χ2n) is 5.70. The van der Waals surface area contributed by atoms with Crippen molar-refractivity contribution in [2.45, 2.75) is 33.2 Å². The van der Waals surface area contributed by atoms with Crippen LogP contribution in [0.3, 0.4) is 0 Å². The SMILES string of the molecule is CCOCCN1CCN(CC(=O)Nc2nnc(C)s2)CC1CC. The first-order valence-electron chi connectivity index (χ1n) is 8.26. The highest BCUT2D eigenvalue weighted by molar-refractivity contribution is 7.15. The molecule has 0 radical (unpaired) electrons. The number of carbonyl (C=O) groups excluding carboxylic acids is 1. The maximum absolute atomic E-state index is 12.1. The highest BCUT2D eigenvalue weighted by Gasteiger charge is 2.26. The Morgan fingerprint density at radius 2 is 2.22 bits per heavy atom. The number of amides is 1. The van der Waals surface area contributed by atoms with E-state index in [-0.39, 0.29) is 5.91 Å². The van der Waals surface area contributed by atoms with Crippen molar-refractivity contribution in [2.75, 3.05) is 51.3 Å². The van der Waals surface area contributed by atoms with Crippen LogP contribution in [0.4, 0.5) is 5.13 Å². The zero-order chi connectivity index (χ0) is 16.7. The molecule has 1 aromatic heterocycles. The summed E-state index contributed by atoms with van der Waals surface area (Å²) in [7, 11) is 0. The van der Waals surface area contributed by atoms with Gasteiger partial charge >= 0.3 is 0 Å². The fourth-order valence-electron chi connectivity index (χ4n) is 2.82. The van der Waals surface area contributed by atoms with E-state index in [1.165, 1.54) is 11.3 Å². The molecule has 0 saturated carbocycles. The molecule has 2 heterocycles. The Labute approximate surface area is 142 Å². The molecule has 2 rings (SSSR count). The Morgan fingerprint density at radius 1 is 1.39 bits per heavy atom. The smallest absolute Gasteiger partial charge is 0.240 e. The van der Waals surface area contributed by atoms with Crippen LogP contribution < -0.4 is 5.32 Å². The van der Waals surface area contributed by atoms with Gasteiger partial charge in [0.15, 0.2) is 0 Å². The molecule has 1 atom stereocenters. The van der Waals surface area contributed by atoms with Gasteiger partial charge in [-0.2, -0.15) is 0 Å². The monoisotopic (exact) mass is 341 g/mol. The van der Waals surface area contributed by atoms with Gasteiger partial charge in [0.25, 0.3) is 0 Å². The van der Waals surface area contributed by atoms with E-state index < -0.39 is 0 Å². The molecule has 1 unspecified atom stereocenters. The van der Waals surface area contributed by atoms with Crippen LogP contribution >= 0.6 is 11.3 Å². The molecule has 1 aliphatic heterocycles. The normalized spacial score (nSPS) is 19.9. The number of ether oxygens (including phenoxy) is 1. The van der Waals surface area contributed by atoms with Crippen LogP contribution in [-0.2, 0) is 9.53 Å². The van der Waals surface area contributed by atoms with Crippen LogP contribution in [0.1, 0.15) is 25.3 Å². The standard InChI is InChI=1S/C15H27N5O2S/c1-4-13-10-19(6-7-20(13)8-9-22-5-2)11-14(21)16-15-18-17-12(3)23-15/h13H,4-11H2,1-3H3,(H,16,18,21). The van der Waals surface area contributed by atoms with Gasteiger partial charge in [0, 0.05) is 38.8 Å². The molecule has 0 spiro atoms. The fourth-order valence-corrected chi connectivity index (χ4v) is 3.43. The number of hydrogen-bond donors (Lipinski definition) is 1. The Hall–Kier alpha value is -1.09. The second-order valence-corrected chi connectivity index (χ2v) is 6.89. The van der Waals surface area contributed by atoms with Crippen LogP contribution in [-0.4, -0.2) is 77.9 Å². The van der Waals surface area contributed by atoms with Crippen molar-refractivity contribution in [3.8, 4) is 0 Å².